The van der Waals surface area contributed by atoms with Crippen molar-refractivity contribution >= 4 is 29.3 Å². The summed E-state index contributed by atoms with van der Waals surface area (Å²) in [5.74, 6) is 0. The fourth-order valence-electron chi connectivity index (χ4n) is 1.24. The molecule has 1 aliphatic carbocycles. The number of halogens is 2. The van der Waals surface area contributed by atoms with E-state index in [0.717, 1.165) is 24.1 Å². The molecule has 1 aliphatic rings. The maximum Gasteiger partial charge on any atom is 0.224 e. The quantitative estimate of drug-likeness (QED) is 0.476. The molecule has 12 heavy (non-hydrogen) atoms. The van der Waals surface area contributed by atoms with Gasteiger partial charge in [0.05, 0.1) is 5.69 Å². The van der Waals surface area contributed by atoms with Crippen LogP contribution in [0.2, 0.25) is 10.4 Å². The minimum atomic E-state index is 0.213. The fraction of sp³-hybridized carbons (Fsp3) is 0.250. The van der Waals surface area contributed by atoms with Gasteiger partial charge in [0, 0.05) is 5.56 Å². The second-order valence-electron chi connectivity index (χ2n) is 2.59. The maximum atomic E-state index is 5.88. The molecule has 0 N–H and O–H groups in total. The summed E-state index contributed by atoms with van der Waals surface area (Å²) in [6.45, 7) is 0. The molecule has 2 nitrogen and oxygen atoms in total. The first-order valence-corrected chi connectivity index (χ1v) is 4.41. The zero-order valence-corrected chi connectivity index (χ0v) is 7.73. The molecule has 0 radical (unpaired) electrons. The van der Waals surface area contributed by atoms with Crippen molar-refractivity contribution in [3.8, 4) is 0 Å². The van der Waals surface area contributed by atoms with Gasteiger partial charge >= 0.3 is 0 Å². The highest BCUT2D eigenvalue weighted by molar-refractivity contribution is 6.32. The molecule has 0 bridgehead atoms. The first-order valence-electron chi connectivity index (χ1n) is 3.66. The highest BCUT2D eigenvalue weighted by Gasteiger charge is 2.11. The monoisotopic (exact) mass is 200 g/mol. The highest BCUT2D eigenvalue weighted by Crippen LogP contribution is 2.24. The Morgan fingerprint density at radius 3 is 2.92 bits per heavy atom. The minimum absolute atomic E-state index is 0.213. The van der Waals surface area contributed by atoms with Gasteiger partial charge in [0.15, 0.2) is 0 Å². The van der Waals surface area contributed by atoms with Crippen LogP contribution in [-0.4, -0.2) is 9.97 Å². The van der Waals surface area contributed by atoms with Gasteiger partial charge in [-0.1, -0.05) is 17.7 Å². The number of rotatable bonds is 0. The van der Waals surface area contributed by atoms with Crippen LogP contribution in [-0.2, 0) is 6.42 Å². The predicted octanol–water partition coefficient (Wildman–Crippen LogP) is 2.74. The number of hydrogen-bond donors (Lipinski definition) is 0. The fourth-order valence-corrected chi connectivity index (χ4v) is 1.73. The molecule has 0 spiro atoms. The Bertz CT molecular complexity index is 347. The van der Waals surface area contributed by atoms with Gasteiger partial charge in [-0.25, -0.2) is 9.97 Å². The van der Waals surface area contributed by atoms with Crippen LogP contribution in [0, 0.1) is 0 Å². The number of fused-ring (bicyclic) bond motifs is 1. The Balaban J connectivity index is 2.62. The number of nitrogens with zero attached hydrogens (tertiary/aromatic N) is 2. The molecule has 0 saturated heterocycles. The highest BCUT2D eigenvalue weighted by atomic mass is 35.5. The molecular weight excluding hydrogens is 195 g/mol. The van der Waals surface area contributed by atoms with Crippen LogP contribution in [0.3, 0.4) is 0 Å². The van der Waals surface area contributed by atoms with Crippen molar-refractivity contribution in [2.24, 2.45) is 0 Å². The summed E-state index contributed by atoms with van der Waals surface area (Å²) in [5.41, 5.74) is 1.86. The first kappa shape index (κ1) is 8.02. The summed E-state index contributed by atoms with van der Waals surface area (Å²) in [6, 6.07) is 0. The lowest BCUT2D eigenvalue weighted by atomic mass is 10.0. The standard InChI is InChI=1S/C8H6Cl2N2/c9-7-5-3-1-2-4-6(5)11-8(10)12-7/h2,4H,1,3H2. The van der Waals surface area contributed by atoms with Gasteiger partial charge in [-0.2, -0.15) is 0 Å². The van der Waals surface area contributed by atoms with Crippen molar-refractivity contribution in [2.75, 3.05) is 0 Å². The third-order valence-corrected chi connectivity index (χ3v) is 2.28. The summed E-state index contributed by atoms with van der Waals surface area (Å²) >= 11 is 11.5. The van der Waals surface area contributed by atoms with Gasteiger partial charge in [-0.15, -0.1) is 0 Å². The zero-order valence-electron chi connectivity index (χ0n) is 6.22. The molecule has 4 heteroatoms. The minimum Gasteiger partial charge on any atom is -0.218 e. The van der Waals surface area contributed by atoms with Crippen molar-refractivity contribution in [1.82, 2.24) is 9.97 Å². The average molecular weight is 201 g/mol. The van der Waals surface area contributed by atoms with E-state index in [-0.39, 0.29) is 5.28 Å². The SMILES string of the molecule is Clc1nc(Cl)c2c(n1)C=CCC2. The van der Waals surface area contributed by atoms with Crippen LogP contribution in [0.25, 0.3) is 6.08 Å². The van der Waals surface area contributed by atoms with E-state index in [9.17, 15) is 0 Å². The topological polar surface area (TPSA) is 25.8 Å². The van der Waals surface area contributed by atoms with Crippen LogP contribution in [0.4, 0.5) is 0 Å². The third-order valence-electron chi connectivity index (χ3n) is 1.80. The summed E-state index contributed by atoms with van der Waals surface area (Å²) in [4.78, 5) is 7.93. The Morgan fingerprint density at radius 1 is 1.25 bits per heavy atom. The normalized spacial score (nSPS) is 14.5. The third kappa shape index (κ3) is 1.32. The number of aromatic nitrogens is 2. The lowest BCUT2D eigenvalue weighted by molar-refractivity contribution is 0.940. The maximum absolute atomic E-state index is 5.88. The predicted molar refractivity (Wildman–Crippen MR) is 49.4 cm³/mol. The van der Waals surface area contributed by atoms with Gasteiger partial charge in [-0.3, -0.25) is 0 Å². The smallest absolute Gasteiger partial charge is 0.218 e. The molecule has 0 unspecified atom stereocenters. The largest absolute Gasteiger partial charge is 0.224 e. The molecule has 0 aromatic carbocycles. The summed E-state index contributed by atoms with van der Waals surface area (Å²) in [6.07, 6.45) is 5.89. The summed E-state index contributed by atoms with van der Waals surface area (Å²) in [5, 5.41) is 0.694. The molecule has 1 heterocycles. The summed E-state index contributed by atoms with van der Waals surface area (Å²) < 4.78 is 0. The summed E-state index contributed by atoms with van der Waals surface area (Å²) in [7, 11) is 0. The zero-order chi connectivity index (χ0) is 8.55. The molecule has 0 aliphatic heterocycles. The molecule has 0 atom stereocenters. The number of hydrogen-bond acceptors (Lipinski definition) is 2. The van der Waals surface area contributed by atoms with Crippen LogP contribution in [0.1, 0.15) is 17.7 Å². The molecule has 2 rings (SSSR count). The van der Waals surface area contributed by atoms with Crippen LogP contribution < -0.4 is 0 Å². The van der Waals surface area contributed by atoms with E-state index >= 15 is 0 Å². The average Bonchev–Trinajstić information content (AvgIpc) is 2.04. The Morgan fingerprint density at radius 2 is 2.08 bits per heavy atom. The van der Waals surface area contributed by atoms with Crippen LogP contribution >= 0.6 is 23.2 Å². The van der Waals surface area contributed by atoms with Gasteiger partial charge < -0.3 is 0 Å². The van der Waals surface area contributed by atoms with E-state index < -0.39 is 0 Å². The van der Waals surface area contributed by atoms with Crippen molar-refractivity contribution in [3.63, 3.8) is 0 Å². The lowest BCUT2D eigenvalue weighted by Crippen LogP contribution is -2.00. The van der Waals surface area contributed by atoms with E-state index in [1.54, 1.807) is 0 Å². The van der Waals surface area contributed by atoms with E-state index in [0.29, 0.717) is 5.15 Å². The molecule has 62 valence electrons. The van der Waals surface area contributed by atoms with Gasteiger partial charge in [0.25, 0.3) is 0 Å². The van der Waals surface area contributed by atoms with Crippen molar-refractivity contribution in [2.45, 2.75) is 12.8 Å². The Labute approximate surface area is 80.2 Å². The molecule has 0 saturated carbocycles. The number of allylic oxidation sites excluding steroid dienone is 1. The molecular formula is C8H6Cl2N2. The van der Waals surface area contributed by atoms with Gasteiger partial charge in [0.2, 0.25) is 5.28 Å². The molecule has 0 fully saturated rings. The first-order chi connectivity index (χ1) is 5.77. The van der Waals surface area contributed by atoms with Crippen molar-refractivity contribution in [3.05, 3.63) is 27.8 Å². The second-order valence-corrected chi connectivity index (χ2v) is 3.28. The van der Waals surface area contributed by atoms with Gasteiger partial charge in [-0.05, 0) is 30.5 Å². The van der Waals surface area contributed by atoms with E-state index in [1.807, 2.05) is 6.08 Å². The molecule has 0 amide bonds. The van der Waals surface area contributed by atoms with Crippen LogP contribution in [0.5, 0.6) is 0 Å². The van der Waals surface area contributed by atoms with Crippen LogP contribution in [0.15, 0.2) is 6.08 Å². The van der Waals surface area contributed by atoms with Crippen molar-refractivity contribution in [1.29, 1.82) is 0 Å². The van der Waals surface area contributed by atoms with E-state index in [4.69, 9.17) is 23.2 Å². The second kappa shape index (κ2) is 3.04. The van der Waals surface area contributed by atoms with E-state index in [2.05, 4.69) is 16.0 Å². The van der Waals surface area contributed by atoms with Crippen molar-refractivity contribution < 1.29 is 0 Å². The molecule has 1 aromatic heterocycles. The molecule has 1 aromatic rings. The Kier molecular flexibility index (Phi) is 2.03. The Hall–Kier alpha value is -0.600. The van der Waals surface area contributed by atoms with E-state index in [1.165, 1.54) is 0 Å². The van der Waals surface area contributed by atoms with Gasteiger partial charge in [0.1, 0.15) is 5.15 Å². The lowest BCUT2D eigenvalue weighted by Gasteiger charge is -2.09.